The van der Waals surface area contributed by atoms with E-state index in [4.69, 9.17) is 17.9 Å². The van der Waals surface area contributed by atoms with E-state index >= 15 is 0 Å². The van der Waals surface area contributed by atoms with E-state index < -0.39 is 17.9 Å². The standard InChI is InChI=1S/C5H10N2O3/c6-3(5(9)10)1-2-4(7)8/h3H,1-2,6H2,(H2,7,8)(H,9,10)/t3-/m0/s1/i3D. The quantitative estimate of drug-likeness (QED) is 0.457. The van der Waals surface area contributed by atoms with Gasteiger partial charge in [-0.3, -0.25) is 9.59 Å². The van der Waals surface area contributed by atoms with Crippen molar-refractivity contribution in [3.63, 3.8) is 0 Å². The van der Waals surface area contributed by atoms with Crippen LogP contribution in [0.3, 0.4) is 0 Å². The highest BCUT2D eigenvalue weighted by Crippen LogP contribution is 1.92. The molecule has 0 aromatic rings. The van der Waals surface area contributed by atoms with Crippen molar-refractivity contribution in [3.05, 3.63) is 0 Å². The maximum Gasteiger partial charge on any atom is 0.320 e. The van der Waals surface area contributed by atoms with Crippen molar-refractivity contribution >= 4 is 11.9 Å². The Morgan fingerprint density at radius 2 is 2.20 bits per heavy atom. The fourth-order valence-electron chi connectivity index (χ4n) is 0.365. The van der Waals surface area contributed by atoms with E-state index in [-0.39, 0.29) is 12.8 Å². The average Bonchev–Trinajstić information content (AvgIpc) is 1.84. The molecule has 0 aromatic carbocycles. The summed E-state index contributed by atoms with van der Waals surface area (Å²) in [4.78, 5) is 20.3. The third-order valence-electron chi connectivity index (χ3n) is 0.915. The minimum absolute atomic E-state index is 0.188. The summed E-state index contributed by atoms with van der Waals surface area (Å²) in [5.74, 6) is -2.12. The predicted octanol–water partition coefficient (Wildman–Crippen LogP) is -1.34. The molecule has 0 saturated carbocycles. The van der Waals surface area contributed by atoms with Gasteiger partial charge in [-0.2, -0.15) is 0 Å². The smallest absolute Gasteiger partial charge is 0.320 e. The fourth-order valence-corrected chi connectivity index (χ4v) is 0.365. The van der Waals surface area contributed by atoms with E-state index in [1.807, 2.05) is 0 Å². The first kappa shape index (κ1) is 7.01. The Hall–Kier alpha value is -1.10. The van der Waals surface area contributed by atoms with E-state index in [1.54, 1.807) is 0 Å². The molecule has 0 aliphatic rings. The van der Waals surface area contributed by atoms with E-state index in [2.05, 4.69) is 0 Å². The highest BCUT2D eigenvalue weighted by molar-refractivity contribution is 5.76. The number of hydrogen-bond acceptors (Lipinski definition) is 3. The maximum absolute atomic E-state index is 10.2. The molecule has 0 heterocycles. The zero-order valence-corrected chi connectivity index (χ0v) is 5.33. The molecule has 5 nitrogen and oxygen atoms in total. The highest BCUT2D eigenvalue weighted by Gasteiger charge is 2.11. The summed E-state index contributed by atoms with van der Waals surface area (Å²) in [6.07, 6.45) is -0.454. The number of carbonyl (C=O) groups is 2. The van der Waals surface area contributed by atoms with Gasteiger partial charge in [0.25, 0.3) is 0 Å². The van der Waals surface area contributed by atoms with Crippen molar-refractivity contribution in [1.82, 2.24) is 0 Å². The number of rotatable bonds is 4. The summed E-state index contributed by atoms with van der Waals surface area (Å²) in [5.41, 5.74) is 9.70. The van der Waals surface area contributed by atoms with E-state index in [1.165, 1.54) is 0 Å². The van der Waals surface area contributed by atoms with Crippen LogP contribution in [0.1, 0.15) is 14.2 Å². The monoisotopic (exact) mass is 147 g/mol. The molecule has 1 atom stereocenters. The van der Waals surface area contributed by atoms with Gasteiger partial charge in [0.05, 0.1) is 1.37 Å². The summed E-state index contributed by atoms with van der Waals surface area (Å²) in [6.45, 7) is 0. The molecule has 10 heavy (non-hydrogen) atoms. The lowest BCUT2D eigenvalue weighted by atomic mass is 10.2. The van der Waals surface area contributed by atoms with Crippen LogP contribution < -0.4 is 11.5 Å². The van der Waals surface area contributed by atoms with Crippen LogP contribution in [0.15, 0.2) is 0 Å². The van der Waals surface area contributed by atoms with Gasteiger partial charge in [0.15, 0.2) is 0 Å². The van der Waals surface area contributed by atoms with Crippen LogP contribution in [0.5, 0.6) is 0 Å². The first-order chi connectivity index (χ1) is 4.86. The predicted molar refractivity (Wildman–Crippen MR) is 34.0 cm³/mol. The summed E-state index contributed by atoms with van der Waals surface area (Å²) < 4.78 is 6.94. The van der Waals surface area contributed by atoms with Gasteiger partial charge < -0.3 is 16.6 Å². The Morgan fingerprint density at radius 1 is 1.70 bits per heavy atom. The Bertz CT molecular complexity index is 181. The number of carboxylic acid groups (broad SMARTS) is 1. The number of primary amides is 1. The molecule has 58 valence electrons. The van der Waals surface area contributed by atoms with Crippen molar-refractivity contribution in [2.75, 3.05) is 0 Å². The second kappa shape index (κ2) is 3.84. The van der Waals surface area contributed by atoms with Crippen LogP contribution in [0.4, 0.5) is 0 Å². The molecule has 1 amide bonds. The SMILES string of the molecule is [2H][C@](N)(CCC(N)=O)C(=O)O. The van der Waals surface area contributed by atoms with Gasteiger partial charge in [0.1, 0.15) is 6.02 Å². The maximum atomic E-state index is 10.2. The minimum Gasteiger partial charge on any atom is -0.480 e. The molecule has 0 aliphatic heterocycles. The molecule has 5 N–H and O–H groups in total. The van der Waals surface area contributed by atoms with Gasteiger partial charge in [-0.05, 0) is 6.42 Å². The van der Waals surface area contributed by atoms with E-state index in [0.717, 1.165) is 0 Å². The van der Waals surface area contributed by atoms with E-state index in [9.17, 15) is 9.59 Å². The average molecular weight is 147 g/mol. The summed E-state index contributed by atoms with van der Waals surface area (Å²) in [5, 5.41) is 8.29. The summed E-state index contributed by atoms with van der Waals surface area (Å²) >= 11 is 0. The second-order valence-corrected chi connectivity index (χ2v) is 1.80. The van der Waals surface area contributed by atoms with Crippen LogP contribution in [-0.4, -0.2) is 23.0 Å². The normalized spacial score (nSPS) is 17.1. The van der Waals surface area contributed by atoms with Crippen molar-refractivity contribution in [3.8, 4) is 0 Å². The van der Waals surface area contributed by atoms with Crippen molar-refractivity contribution in [2.45, 2.75) is 18.9 Å². The van der Waals surface area contributed by atoms with Gasteiger partial charge in [-0.25, -0.2) is 0 Å². The molecule has 0 saturated heterocycles. The molecular weight excluding hydrogens is 136 g/mol. The van der Waals surface area contributed by atoms with Crippen LogP contribution in [0.25, 0.3) is 0 Å². The number of nitrogens with two attached hydrogens (primary N) is 2. The zero-order valence-electron chi connectivity index (χ0n) is 6.33. The number of aliphatic carboxylic acids is 1. The van der Waals surface area contributed by atoms with Crippen LogP contribution in [0.2, 0.25) is 0 Å². The van der Waals surface area contributed by atoms with Gasteiger partial charge in [-0.1, -0.05) is 0 Å². The fraction of sp³-hybridized carbons (Fsp3) is 0.600. The van der Waals surface area contributed by atoms with Gasteiger partial charge in [-0.15, -0.1) is 0 Å². The molecule has 0 aromatic heterocycles. The van der Waals surface area contributed by atoms with Gasteiger partial charge in [0, 0.05) is 6.42 Å². The molecule has 0 unspecified atom stereocenters. The van der Waals surface area contributed by atoms with E-state index in [0.29, 0.717) is 0 Å². The van der Waals surface area contributed by atoms with Gasteiger partial charge >= 0.3 is 5.97 Å². The Labute approximate surface area is 59.4 Å². The largest absolute Gasteiger partial charge is 0.480 e. The molecule has 5 heteroatoms. The van der Waals surface area contributed by atoms with Crippen LogP contribution in [0, 0.1) is 0 Å². The molecule has 0 spiro atoms. The van der Waals surface area contributed by atoms with Crippen molar-refractivity contribution in [1.29, 1.82) is 0 Å². The number of amides is 1. The summed E-state index contributed by atoms with van der Waals surface area (Å²) in [6, 6.07) is -2.10. The van der Waals surface area contributed by atoms with Crippen molar-refractivity contribution in [2.24, 2.45) is 11.5 Å². The highest BCUT2D eigenvalue weighted by atomic mass is 16.4. The van der Waals surface area contributed by atoms with Crippen molar-refractivity contribution < 1.29 is 16.1 Å². The Morgan fingerprint density at radius 3 is 2.50 bits per heavy atom. The molecular formula is C5H10N2O3. The molecule has 0 fully saturated rings. The number of carboxylic acids is 1. The van der Waals surface area contributed by atoms with Gasteiger partial charge in [0.2, 0.25) is 5.91 Å². The topological polar surface area (TPSA) is 106 Å². The van der Waals surface area contributed by atoms with Crippen LogP contribution >= 0.6 is 0 Å². The molecule has 0 radical (unpaired) electrons. The minimum atomic E-state index is -2.10. The third-order valence-corrected chi connectivity index (χ3v) is 0.915. The van der Waals surface area contributed by atoms with Crippen LogP contribution in [-0.2, 0) is 9.59 Å². The molecule has 0 aliphatic carbocycles. The lowest BCUT2D eigenvalue weighted by molar-refractivity contribution is -0.138. The third kappa shape index (κ3) is 3.85. The first-order valence-electron chi connectivity index (χ1n) is 3.17. The summed E-state index contributed by atoms with van der Waals surface area (Å²) in [7, 11) is 0. The lowest BCUT2D eigenvalue weighted by Gasteiger charge is -2.01. The number of hydrogen-bond donors (Lipinski definition) is 3. The lowest BCUT2D eigenvalue weighted by Crippen LogP contribution is -2.31. The zero-order chi connectivity index (χ0) is 9.07. The second-order valence-electron chi connectivity index (χ2n) is 1.80. The first-order valence-corrected chi connectivity index (χ1v) is 2.67. The Balaban J connectivity index is 3.92. The number of carbonyl (C=O) groups excluding carboxylic acids is 1. The Kier molecular flexibility index (Phi) is 2.69. The molecule has 0 bridgehead atoms. The molecule has 0 rings (SSSR count).